The predicted octanol–water partition coefficient (Wildman–Crippen LogP) is 3.22. The Hall–Kier alpha value is -0.380. The van der Waals surface area contributed by atoms with Crippen LogP contribution in [0.1, 0.15) is 46.5 Å². The molecular weight excluding hydrogens is 266 g/mol. The maximum Gasteiger partial charge on any atom is 0.193 e. The van der Waals surface area contributed by atoms with Crippen LogP contribution in [0, 0.1) is 11.3 Å². The van der Waals surface area contributed by atoms with Gasteiger partial charge in [0.2, 0.25) is 0 Å². The average Bonchev–Trinajstić information content (AvgIpc) is 2.88. The number of guanidine groups is 1. The molecule has 2 rings (SSSR count). The molecule has 116 valence electrons. The van der Waals surface area contributed by atoms with E-state index in [1.54, 1.807) is 0 Å². The van der Waals surface area contributed by atoms with Crippen LogP contribution in [0.4, 0.5) is 0 Å². The first kappa shape index (κ1) is 16.0. The molecule has 4 heteroatoms. The fraction of sp³-hybridized carbons (Fsp3) is 0.938. The van der Waals surface area contributed by atoms with Gasteiger partial charge in [-0.1, -0.05) is 13.8 Å². The van der Waals surface area contributed by atoms with Gasteiger partial charge in [-0.25, -0.2) is 0 Å². The van der Waals surface area contributed by atoms with Crippen LogP contribution in [0.2, 0.25) is 0 Å². The number of nitrogens with zero attached hydrogens (tertiary/aromatic N) is 2. The smallest absolute Gasteiger partial charge is 0.193 e. The van der Waals surface area contributed by atoms with Crippen LogP contribution in [0.15, 0.2) is 4.99 Å². The molecule has 20 heavy (non-hydrogen) atoms. The highest BCUT2D eigenvalue weighted by Crippen LogP contribution is 2.33. The second-order valence-electron chi connectivity index (χ2n) is 6.59. The predicted molar refractivity (Wildman–Crippen MR) is 90.6 cm³/mol. The van der Waals surface area contributed by atoms with Crippen molar-refractivity contribution in [1.82, 2.24) is 10.2 Å². The Balaban J connectivity index is 1.92. The van der Waals surface area contributed by atoms with Gasteiger partial charge in [0.15, 0.2) is 5.96 Å². The highest BCUT2D eigenvalue weighted by atomic mass is 32.2. The van der Waals surface area contributed by atoms with Crippen molar-refractivity contribution in [3.63, 3.8) is 0 Å². The van der Waals surface area contributed by atoms with Gasteiger partial charge in [0, 0.05) is 26.2 Å². The number of nitrogens with one attached hydrogen (secondary N) is 1. The summed E-state index contributed by atoms with van der Waals surface area (Å²) < 4.78 is 0. The van der Waals surface area contributed by atoms with E-state index in [0.29, 0.717) is 5.41 Å². The summed E-state index contributed by atoms with van der Waals surface area (Å²) >= 11 is 2.10. The minimum atomic E-state index is 0.484. The molecule has 1 N–H and O–H groups in total. The molecular formula is C16H31N3S. The number of aliphatic imine (C=N–C) groups is 1. The summed E-state index contributed by atoms with van der Waals surface area (Å²) in [7, 11) is 0. The first-order valence-electron chi connectivity index (χ1n) is 8.28. The van der Waals surface area contributed by atoms with Crippen molar-refractivity contribution in [3.8, 4) is 0 Å². The van der Waals surface area contributed by atoms with Gasteiger partial charge in [-0.15, -0.1) is 0 Å². The summed E-state index contributed by atoms with van der Waals surface area (Å²) in [6.45, 7) is 11.2. The van der Waals surface area contributed by atoms with Crippen molar-refractivity contribution < 1.29 is 0 Å². The number of likely N-dealkylation sites (tertiary alicyclic amines) is 1. The lowest BCUT2D eigenvalue weighted by Gasteiger charge is -2.26. The molecule has 0 aromatic carbocycles. The van der Waals surface area contributed by atoms with Crippen molar-refractivity contribution in [2.24, 2.45) is 16.3 Å². The zero-order valence-corrected chi connectivity index (χ0v) is 14.3. The summed E-state index contributed by atoms with van der Waals surface area (Å²) in [5.74, 6) is 4.62. The third kappa shape index (κ3) is 4.31. The summed E-state index contributed by atoms with van der Waals surface area (Å²) in [6, 6.07) is 0. The van der Waals surface area contributed by atoms with E-state index in [9.17, 15) is 0 Å². The molecule has 3 nitrogen and oxygen atoms in total. The standard InChI is InChI=1S/C16H31N3S/c1-4-16(3)8-9-19(13-16)15(17-5-2)18-12-14-6-10-20-11-7-14/h14H,4-13H2,1-3H3,(H,17,18). The normalized spacial score (nSPS) is 28.9. The largest absolute Gasteiger partial charge is 0.357 e. The summed E-state index contributed by atoms with van der Waals surface area (Å²) in [5, 5.41) is 3.50. The Bertz CT molecular complexity index is 326. The van der Waals surface area contributed by atoms with Crippen LogP contribution in [-0.2, 0) is 0 Å². The summed E-state index contributed by atoms with van der Waals surface area (Å²) in [6.07, 6.45) is 5.26. The molecule has 2 saturated heterocycles. The van der Waals surface area contributed by atoms with Crippen molar-refractivity contribution in [1.29, 1.82) is 0 Å². The quantitative estimate of drug-likeness (QED) is 0.638. The van der Waals surface area contributed by atoms with Gasteiger partial charge in [-0.2, -0.15) is 11.8 Å². The molecule has 2 aliphatic heterocycles. The zero-order valence-electron chi connectivity index (χ0n) is 13.5. The lowest BCUT2D eigenvalue weighted by Crippen LogP contribution is -2.41. The number of rotatable bonds is 4. The van der Waals surface area contributed by atoms with Crippen LogP contribution < -0.4 is 5.32 Å². The minimum absolute atomic E-state index is 0.484. The lowest BCUT2D eigenvalue weighted by atomic mass is 9.87. The molecule has 0 spiro atoms. The first-order chi connectivity index (χ1) is 9.67. The first-order valence-corrected chi connectivity index (χ1v) is 9.43. The summed E-state index contributed by atoms with van der Waals surface area (Å²) in [4.78, 5) is 7.42. The fourth-order valence-electron chi connectivity index (χ4n) is 3.06. The van der Waals surface area contributed by atoms with Gasteiger partial charge >= 0.3 is 0 Å². The van der Waals surface area contributed by atoms with Crippen molar-refractivity contribution in [3.05, 3.63) is 0 Å². The second kappa shape index (κ2) is 7.58. The topological polar surface area (TPSA) is 27.6 Å². The van der Waals surface area contributed by atoms with Crippen molar-refractivity contribution >= 4 is 17.7 Å². The minimum Gasteiger partial charge on any atom is -0.357 e. The van der Waals surface area contributed by atoms with Gasteiger partial charge in [-0.05, 0) is 55.4 Å². The molecule has 1 atom stereocenters. The molecule has 2 aliphatic rings. The van der Waals surface area contributed by atoms with Crippen LogP contribution >= 0.6 is 11.8 Å². The Morgan fingerprint density at radius 2 is 2.10 bits per heavy atom. The third-order valence-electron chi connectivity index (χ3n) is 4.89. The number of hydrogen-bond acceptors (Lipinski definition) is 2. The Kier molecular flexibility index (Phi) is 6.06. The van der Waals surface area contributed by atoms with E-state index >= 15 is 0 Å². The number of hydrogen-bond donors (Lipinski definition) is 1. The average molecular weight is 298 g/mol. The molecule has 0 aromatic heterocycles. The fourth-order valence-corrected chi connectivity index (χ4v) is 4.27. The molecule has 0 aromatic rings. The molecule has 0 saturated carbocycles. The van der Waals surface area contributed by atoms with E-state index in [-0.39, 0.29) is 0 Å². The van der Waals surface area contributed by atoms with E-state index in [1.807, 2.05) is 0 Å². The molecule has 2 fully saturated rings. The Morgan fingerprint density at radius 1 is 1.35 bits per heavy atom. The maximum atomic E-state index is 4.94. The monoisotopic (exact) mass is 297 g/mol. The van der Waals surface area contributed by atoms with Gasteiger partial charge in [0.05, 0.1) is 0 Å². The second-order valence-corrected chi connectivity index (χ2v) is 7.81. The number of thioether (sulfide) groups is 1. The molecule has 0 radical (unpaired) electrons. The molecule has 0 amide bonds. The Morgan fingerprint density at radius 3 is 2.70 bits per heavy atom. The van der Waals surface area contributed by atoms with E-state index in [4.69, 9.17) is 4.99 Å². The molecule has 0 bridgehead atoms. The molecule has 2 heterocycles. The van der Waals surface area contributed by atoms with Crippen LogP contribution in [0.25, 0.3) is 0 Å². The third-order valence-corrected chi connectivity index (χ3v) is 5.93. The van der Waals surface area contributed by atoms with E-state index in [2.05, 4.69) is 42.7 Å². The van der Waals surface area contributed by atoms with E-state index < -0.39 is 0 Å². The highest BCUT2D eigenvalue weighted by molar-refractivity contribution is 7.99. The van der Waals surface area contributed by atoms with Gasteiger partial charge in [0.1, 0.15) is 0 Å². The van der Waals surface area contributed by atoms with Gasteiger partial charge < -0.3 is 10.2 Å². The van der Waals surface area contributed by atoms with Gasteiger partial charge in [-0.3, -0.25) is 4.99 Å². The van der Waals surface area contributed by atoms with E-state index in [1.165, 1.54) is 37.2 Å². The zero-order chi connectivity index (χ0) is 14.4. The van der Waals surface area contributed by atoms with Crippen LogP contribution in [0.5, 0.6) is 0 Å². The molecule has 1 unspecified atom stereocenters. The summed E-state index contributed by atoms with van der Waals surface area (Å²) in [5.41, 5.74) is 0.484. The van der Waals surface area contributed by atoms with E-state index in [0.717, 1.165) is 38.1 Å². The van der Waals surface area contributed by atoms with Crippen molar-refractivity contribution in [2.75, 3.05) is 37.7 Å². The maximum absolute atomic E-state index is 4.94. The van der Waals surface area contributed by atoms with Crippen molar-refractivity contribution in [2.45, 2.75) is 46.5 Å². The van der Waals surface area contributed by atoms with Crippen LogP contribution in [0.3, 0.4) is 0 Å². The highest BCUT2D eigenvalue weighted by Gasteiger charge is 2.33. The SMILES string of the molecule is CCNC(=NCC1CCSCC1)N1CCC(C)(CC)C1. The molecule has 0 aliphatic carbocycles. The van der Waals surface area contributed by atoms with Gasteiger partial charge in [0.25, 0.3) is 0 Å². The van der Waals surface area contributed by atoms with Crippen LogP contribution in [-0.4, -0.2) is 48.5 Å². The lowest BCUT2D eigenvalue weighted by molar-refractivity contribution is 0.321. The Labute approximate surface area is 129 Å².